The number of amidine groups is 1. The number of hydrazine groups is 1. The number of pyridine rings is 1. The number of aromatic amines is 1. The molecule has 0 saturated carbocycles. The van der Waals surface area contributed by atoms with Gasteiger partial charge in [0.15, 0.2) is 5.84 Å². The molecule has 0 saturated heterocycles. The van der Waals surface area contributed by atoms with Gasteiger partial charge in [0.2, 0.25) is 0 Å². The number of aliphatic imine (C=N–C) groups is 1. The number of amides is 1. The number of alkyl halides is 1. The van der Waals surface area contributed by atoms with E-state index >= 15 is 0 Å². The monoisotopic (exact) mass is 599 g/mol. The fraction of sp³-hybridized carbons (Fsp3) is 0.0435. The maximum atomic E-state index is 13.0. The Hall–Kier alpha value is -3.84. The highest BCUT2D eigenvalue weighted by Gasteiger charge is 2.35. The van der Waals surface area contributed by atoms with Crippen LogP contribution >= 0.6 is 34.2 Å². The van der Waals surface area contributed by atoms with Gasteiger partial charge in [-0.15, -0.1) is 0 Å². The molecule has 0 bridgehead atoms. The predicted octanol–water partition coefficient (Wildman–Crippen LogP) is 5.21. The van der Waals surface area contributed by atoms with Gasteiger partial charge in [0.1, 0.15) is 15.4 Å². The van der Waals surface area contributed by atoms with E-state index in [1.165, 1.54) is 18.3 Å². The van der Waals surface area contributed by atoms with Crippen LogP contribution in [0.15, 0.2) is 78.0 Å². The topological polar surface area (TPSA) is 129 Å². The summed E-state index contributed by atoms with van der Waals surface area (Å²) in [4.78, 5) is 32.7. The van der Waals surface area contributed by atoms with Crippen molar-refractivity contribution in [2.24, 2.45) is 4.99 Å². The number of halogens is 2. The first-order chi connectivity index (χ1) is 16.9. The number of hydrogen-bond donors (Lipinski definition) is 2. The molecule has 1 aliphatic rings. The minimum absolute atomic E-state index is 0.0990. The Kier molecular flexibility index (Phi) is 6.17. The van der Waals surface area contributed by atoms with Crippen molar-refractivity contribution in [3.8, 4) is 11.3 Å². The van der Waals surface area contributed by atoms with Crippen molar-refractivity contribution >= 4 is 57.3 Å². The molecule has 12 heteroatoms. The fourth-order valence-corrected chi connectivity index (χ4v) is 4.67. The maximum Gasteiger partial charge on any atom is 0.271 e. The van der Waals surface area contributed by atoms with Crippen molar-refractivity contribution in [2.75, 3.05) is 0 Å². The fourth-order valence-electron chi connectivity index (χ4n) is 3.61. The second-order valence-electron chi connectivity index (χ2n) is 7.45. The van der Waals surface area contributed by atoms with Crippen LogP contribution in [0.5, 0.6) is 0 Å². The number of aromatic nitrogens is 3. The number of carbonyl (C=O) groups excluding carboxylic acids is 1. The minimum Gasteiger partial charge on any atom is -0.277 e. The molecule has 0 fully saturated rings. The van der Waals surface area contributed by atoms with Crippen LogP contribution in [0.4, 0.5) is 11.4 Å². The summed E-state index contributed by atoms with van der Waals surface area (Å²) in [5.41, 5.74) is 5.95. The van der Waals surface area contributed by atoms with E-state index < -0.39 is 14.9 Å². The molecule has 5 rings (SSSR count). The summed E-state index contributed by atoms with van der Waals surface area (Å²) < 4.78 is -0.473. The first kappa shape index (κ1) is 22.9. The summed E-state index contributed by atoms with van der Waals surface area (Å²) in [6.07, 6.45) is 3.02. The Labute approximate surface area is 217 Å². The van der Waals surface area contributed by atoms with E-state index in [1.54, 1.807) is 41.5 Å². The highest BCUT2D eigenvalue weighted by atomic mass is 127. The molecule has 3 heterocycles. The number of hydrogen-bond acceptors (Lipinski definition) is 7. The van der Waals surface area contributed by atoms with Gasteiger partial charge in [0, 0.05) is 35.7 Å². The van der Waals surface area contributed by atoms with Crippen LogP contribution in [-0.2, 0) is 0 Å². The van der Waals surface area contributed by atoms with Gasteiger partial charge in [-0.25, -0.2) is 10.0 Å². The van der Waals surface area contributed by atoms with E-state index in [-0.39, 0.29) is 5.69 Å². The Morgan fingerprint density at radius 3 is 2.74 bits per heavy atom. The number of benzene rings is 2. The first-order valence-electron chi connectivity index (χ1n) is 10.2. The standard InChI is InChI=1S/C23H15ClIN7O3/c24-17-9-2-1-8-16(17)18-19-20(29-28-18)21(25)31(30-23(33)14-6-4-10-26-12-14)22(27-19)13-5-3-7-15(11-13)32(34)35/h1-12,21H,(H,28,29)(H,30,33). The van der Waals surface area contributed by atoms with Crippen molar-refractivity contribution in [1.29, 1.82) is 0 Å². The molecule has 10 nitrogen and oxygen atoms in total. The number of nitro benzene ring substituents is 1. The van der Waals surface area contributed by atoms with E-state index in [0.717, 1.165) is 0 Å². The normalized spacial score (nSPS) is 14.7. The second kappa shape index (κ2) is 9.43. The quantitative estimate of drug-likeness (QED) is 0.107. The minimum atomic E-state index is -0.481. The molecule has 1 aliphatic heterocycles. The Morgan fingerprint density at radius 1 is 1.17 bits per heavy atom. The summed E-state index contributed by atoms with van der Waals surface area (Å²) in [6, 6.07) is 16.6. The number of carbonyl (C=O) groups is 1. The van der Waals surface area contributed by atoms with Crippen LogP contribution in [0.25, 0.3) is 11.3 Å². The van der Waals surface area contributed by atoms with E-state index in [4.69, 9.17) is 16.6 Å². The lowest BCUT2D eigenvalue weighted by molar-refractivity contribution is -0.384. The van der Waals surface area contributed by atoms with Crippen molar-refractivity contribution in [3.05, 3.63) is 105 Å². The zero-order chi connectivity index (χ0) is 24.5. The van der Waals surface area contributed by atoms with Gasteiger partial charge in [0.05, 0.1) is 21.2 Å². The van der Waals surface area contributed by atoms with Crippen LogP contribution in [0.2, 0.25) is 5.02 Å². The summed E-state index contributed by atoms with van der Waals surface area (Å²) in [7, 11) is 0. The molecule has 2 aromatic carbocycles. The summed E-state index contributed by atoms with van der Waals surface area (Å²) >= 11 is 8.56. The van der Waals surface area contributed by atoms with Crippen LogP contribution < -0.4 is 5.43 Å². The second-order valence-corrected chi connectivity index (χ2v) is 9.03. The number of H-pyrrole nitrogens is 1. The number of non-ortho nitro benzene ring substituents is 1. The van der Waals surface area contributed by atoms with E-state index in [1.807, 2.05) is 18.2 Å². The van der Waals surface area contributed by atoms with Gasteiger partial charge in [-0.2, -0.15) is 5.10 Å². The van der Waals surface area contributed by atoms with Gasteiger partial charge in [-0.1, -0.05) is 41.9 Å². The summed E-state index contributed by atoms with van der Waals surface area (Å²) in [6.45, 7) is 0. The van der Waals surface area contributed by atoms with Crippen LogP contribution in [0.3, 0.4) is 0 Å². The molecule has 0 aliphatic carbocycles. The number of nitrogens with one attached hydrogen (secondary N) is 2. The molecular weight excluding hydrogens is 585 g/mol. The maximum absolute atomic E-state index is 13.0. The lowest BCUT2D eigenvalue weighted by atomic mass is 10.1. The molecule has 1 amide bonds. The lowest BCUT2D eigenvalue weighted by Gasteiger charge is -2.33. The van der Waals surface area contributed by atoms with Crippen LogP contribution in [0.1, 0.15) is 25.7 Å². The third-order valence-electron chi connectivity index (χ3n) is 5.27. The van der Waals surface area contributed by atoms with Crippen molar-refractivity contribution < 1.29 is 9.72 Å². The number of nitrogens with zero attached hydrogens (tertiary/aromatic N) is 5. The molecule has 0 spiro atoms. The Balaban J connectivity index is 1.65. The summed E-state index contributed by atoms with van der Waals surface area (Å²) in [5, 5.41) is 20.9. The zero-order valence-corrected chi connectivity index (χ0v) is 20.6. The van der Waals surface area contributed by atoms with E-state index in [9.17, 15) is 14.9 Å². The third kappa shape index (κ3) is 4.35. The van der Waals surface area contributed by atoms with Crippen molar-refractivity contribution in [1.82, 2.24) is 25.6 Å². The lowest BCUT2D eigenvalue weighted by Crippen LogP contribution is -2.48. The zero-order valence-electron chi connectivity index (χ0n) is 17.7. The largest absolute Gasteiger partial charge is 0.277 e. The van der Waals surface area contributed by atoms with Gasteiger partial charge in [-0.05, 0) is 40.8 Å². The van der Waals surface area contributed by atoms with E-state index in [2.05, 4.69) is 43.2 Å². The number of rotatable bonds is 5. The van der Waals surface area contributed by atoms with Gasteiger partial charge < -0.3 is 0 Å². The van der Waals surface area contributed by atoms with Crippen molar-refractivity contribution in [2.45, 2.75) is 4.05 Å². The van der Waals surface area contributed by atoms with Crippen LogP contribution in [0, 0.1) is 10.1 Å². The highest BCUT2D eigenvalue weighted by molar-refractivity contribution is 14.1. The highest BCUT2D eigenvalue weighted by Crippen LogP contribution is 2.44. The average molecular weight is 600 g/mol. The predicted molar refractivity (Wildman–Crippen MR) is 139 cm³/mol. The first-order valence-corrected chi connectivity index (χ1v) is 11.9. The average Bonchev–Trinajstić information content (AvgIpc) is 3.30. The molecule has 2 N–H and O–H groups in total. The third-order valence-corrected chi connectivity index (χ3v) is 6.78. The van der Waals surface area contributed by atoms with Gasteiger partial charge in [0.25, 0.3) is 11.6 Å². The Bertz CT molecular complexity index is 1470. The van der Waals surface area contributed by atoms with E-state index in [0.29, 0.717) is 44.6 Å². The number of nitro groups is 1. The smallest absolute Gasteiger partial charge is 0.271 e. The Morgan fingerprint density at radius 2 is 2.00 bits per heavy atom. The molecule has 4 aromatic rings. The molecule has 174 valence electrons. The summed E-state index contributed by atoms with van der Waals surface area (Å²) in [5.74, 6) is -0.0975. The van der Waals surface area contributed by atoms with Crippen molar-refractivity contribution in [3.63, 3.8) is 0 Å². The molecule has 0 radical (unpaired) electrons. The molecule has 1 atom stereocenters. The van der Waals surface area contributed by atoms with Crippen LogP contribution in [-0.4, -0.2) is 36.9 Å². The molecular formula is C23H15ClIN7O3. The van der Waals surface area contributed by atoms with Gasteiger partial charge >= 0.3 is 0 Å². The molecule has 2 aromatic heterocycles. The van der Waals surface area contributed by atoms with Gasteiger partial charge in [-0.3, -0.25) is 30.4 Å². The number of fused-ring (bicyclic) bond motifs is 1. The molecule has 1 unspecified atom stereocenters. The molecule has 35 heavy (non-hydrogen) atoms. The SMILES string of the molecule is O=C(NN1C(c2cccc([N+](=O)[O-])c2)=Nc2c(-c3ccccc3Cl)n[nH]c2C1I)c1cccnc1.